The van der Waals surface area contributed by atoms with Crippen molar-refractivity contribution in [3.63, 3.8) is 0 Å². The second-order valence-electron chi connectivity index (χ2n) is 6.39. The lowest BCUT2D eigenvalue weighted by Gasteiger charge is -2.16. The fourth-order valence-electron chi connectivity index (χ4n) is 2.58. The van der Waals surface area contributed by atoms with Crippen LogP contribution in [0, 0.1) is 19.7 Å². The topological polar surface area (TPSA) is 79.6 Å². The molecule has 0 aliphatic rings. The van der Waals surface area contributed by atoms with Crippen LogP contribution in [-0.2, 0) is 15.8 Å². The van der Waals surface area contributed by atoms with Gasteiger partial charge in [-0.2, -0.15) is 9.61 Å². The van der Waals surface area contributed by atoms with E-state index >= 15 is 0 Å². The largest absolute Gasteiger partial charge is 0.363 e. The van der Waals surface area contributed by atoms with Gasteiger partial charge in [0, 0.05) is 26.2 Å². The molecule has 0 bridgehead atoms. The maximum atomic E-state index is 13.7. The Morgan fingerprint density at radius 2 is 1.92 bits per heavy atom. The van der Waals surface area contributed by atoms with E-state index in [1.165, 1.54) is 6.07 Å². The van der Waals surface area contributed by atoms with Crippen LogP contribution in [0.25, 0.3) is 5.65 Å². The number of benzene rings is 1. The molecule has 2 aromatic heterocycles. The maximum absolute atomic E-state index is 13.7. The highest BCUT2D eigenvalue weighted by molar-refractivity contribution is 7.91. The molecule has 0 aliphatic carbocycles. The number of hydrogen-bond donors (Lipinski definition) is 1. The maximum Gasteiger partial charge on any atom is 0.238 e. The minimum Gasteiger partial charge on any atom is -0.363 e. The standard InChI is InChI=1S/C17H20FN5O2S/c1-11-5-6-13(8-14(11)18)10-26(24,25)21-15-9-17(22(3)4)23-16(19-15)7-12(2)20-23/h5-9H,10H2,1-4H3,(H,19,21). The van der Waals surface area contributed by atoms with E-state index in [0.29, 0.717) is 22.6 Å². The van der Waals surface area contributed by atoms with E-state index in [0.717, 1.165) is 5.69 Å². The number of fused-ring (bicyclic) bond motifs is 1. The van der Waals surface area contributed by atoms with Gasteiger partial charge in [0.15, 0.2) is 5.65 Å². The molecular formula is C17H20FN5O2S. The van der Waals surface area contributed by atoms with E-state index in [1.54, 1.807) is 35.7 Å². The van der Waals surface area contributed by atoms with Gasteiger partial charge in [-0.3, -0.25) is 4.72 Å². The first-order chi connectivity index (χ1) is 12.1. The summed E-state index contributed by atoms with van der Waals surface area (Å²) in [6.45, 7) is 3.46. The number of aryl methyl sites for hydroxylation is 2. The van der Waals surface area contributed by atoms with Gasteiger partial charge in [-0.1, -0.05) is 12.1 Å². The van der Waals surface area contributed by atoms with E-state index < -0.39 is 15.8 Å². The molecule has 7 nitrogen and oxygen atoms in total. The Kier molecular flexibility index (Phi) is 4.57. The van der Waals surface area contributed by atoms with Crippen LogP contribution in [0.1, 0.15) is 16.8 Å². The summed E-state index contributed by atoms with van der Waals surface area (Å²) in [5.74, 6) is 0.102. The average molecular weight is 377 g/mol. The molecule has 0 radical (unpaired) electrons. The number of rotatable bonds is 5. The molecule has 0 saturated carbocycles. The number of nitrogens with one attached hydrogen (secondary N) is 1. The van der Waals surface area contributed by atoms with Gasteiger partial charge in [0.25, 0.3) is 0 Å². The smallest absolute Gasteiger partial charge is 0.238 e. The molecule has 1 N–H and O–H groups in total. The van der Waals surface area contributed by atoms with Crippen molar-refractivity contribution in [1.82, 2.24) is 14.6 Å². The first kappa shape index (κ1) is 18.1. The van der Waals surface area contributed by atoms with Crippen molar-refractivity contribution in [1.29, 1.82) is 0 Å². The molecule has 9 heteroatoms. The normalized spacial score (nSPS) is 11.7. The fourth-order valence-corrected chi connectivity index (χ4v) is 3.70. The molecule has 3 aromatic rings. The van der Waals surface area contributed by atoms with Crippen molar-refractivity contribution in [2.24, 2.45) is 0 Å². The number of aromatic nitrogens is 3. The number of nitrogens with zero attached hydrogens (tertiary/aromatic N) is 4. The van der Waals surface area contributed by atoms with Crippen LogP contribution >= 0.6 is 0 Å². The fraction of sp³-hybridized carbons (Fsp3) is 0.294. The summed E-state index contributed by atoms with van der Waals surface area (Å²) in [5, 5.41) is 4.35. The van der Waals surface area contributed by atoms with E-state index in [2.05, 4.69) is 14.8 Å². The van der Waals surface area contributed by atoms with Crippen molar-refractivity contribution >= 4 is 27.3 Å². The SMILES string of the molecule is Cc1cc2nc(NS(=O)(=O)Cc3ccc(C)c(F)c3)cc(N(C)C)n2n1. The van der Waals surface area contributed by atoms with Gasteiger partial charge in [-0.15, -0.1) is 0 Å². The van der Waals surface area contributed by atoms with Crippen LogP contribution < -0.4 is 9.62 Å². The van der Waals surface area contributed by atoms with Gasteiger partial charge in [0.1, 0.15) is 17.5 Å². The molecule has 0 atom stereocenters. The van der Waals surface area contributed by atoms with Gasteiger partial charge < -0.3 is 4.90 Å². The zero-order valence-corrected chi connectivity index (χ0v) is 15.8. The van der Waals surface area contributed by atoms with Crippen molar-refractivity contribution in [3.05, 3.63) is 53.0 Å². The number of halogens is 1. The molecule has 0 aliphatic heterocycles. The van der Waals surface area contributed by atoms with Crippen molar-refractivity contribution in [3.8, 4) is 0 Å². The third-order valence-electron chi connectivity index (χ3n) is 3.84. The Morgan fingerprint density at radius 1 is 1.19 bits per heavy atom. The van der Waals surface area contributed by atoms with Crippen LogP contribution in [0.4, 0.5) is 16.0 Å². The summed E-state index contributed by atoms with van der Waals surface area (Å²) in [6.07, 6.45) is 0. The van der Waals surface area contributed by atoms with Crippen molar-refractivity contribution < 1.29 is 12.8 Å². The Morgan fingerprint density at radius 3 is 2.58 bits per heavy atom. The van der Waals surface area contributed by atoms with Crippen molar-refractivity contribution in [2.75, 3.05) is 23.7 Å². The highest BCUT2D eigenvalue weighted by atomic mass is 32.2. The first-order valence-electron chi connectivity index (χ1n) is 7.95. The molecule has 138 valence electrons. The van der Waals surface area contributed by atoms with Crippen LogP contribution in [0.2, 0.25) is 0 Å². The monoisotopic (exact) mass is 377 g/mol. The molecule has 3 rings (SSSR count). The number of hydrogen-bond acceptors (Lipinski definition) is 5. The number of anilines is 2. The second-order valence-corrected chi connectivity index (χ2v) is 8.12. The highest BCUT2D eigenvalue weighted by Gasteiger charge is 2.16. The minimum atomic E-state index is -3.75. The van der Waals surface area contributed by atoms with Gasteiger partial charge >= 0.3 is 0 Å². The third-order valence-corrected chi connectivity index (χ3v) is 5.08. The minimum absolute atomic E-state index is 0.189. The van der Waals surface area contributed by atoms with Gasteiger partial charge in [0.05, 0.1) is 11.4 Å². The Bertz CT molecular complexity index is 1080. The summed E-state index contributed by atoms with van der Waals surface area (Å²) >= 11 is 0. The summed E-state index contributed by atoms with van der Waals surface area (Å²) < 4.78 is 42.7. The first-order valence-corrected chi connectivity index (χ1v) is 9.60. The van der Waals surface area contributed by atoms with Gasteiger partial charge in [0.2, 0.25) is 10.0 Å². The second kappa shape index (κ2) is 6.56. The summed E-state index contributed by atoms with van der Waals surface area (Å²) in [6, 6.07) is 7.76. The van der Waals surface area contributed by atoms with E-state index in [9.17, 15) is 12.8 Å². The average Bonchev–Trinajstić information content (AvgIpc) is 2.89. The Labute approximate surface area is 151 Å². The molecule has 0 unspecified atom stereocenters. The van der Waals surface area contributed by atoms with E-state index in [1.807, 2.05) is 25.9 Å². The van der Waals surface area contributed by atoms with Crippen LogP contribution in [0.3, 0.4) is 0 Å². The lowest BCUT2D eigenvalue weighted by molar-refractivity contribution is 0.599. The van der Waals surface area contributed by atoms with Crippen LogP contribution in [0.5, 0.6) is 0 Å². The lowest BCUT2D eigenvalue weighted by atomic mass is 10.2. The molecular weight excluding hydrogens is 357 g/mol. The molecule has 0 spiro atoms. The summed E-state index contributed by atoms with van der Waals surface area (Å²) in [5.41, 5.74) is 2.15. The third kappa shape index (κ3) is 3.77. The quantitative estimate of drug-likeness (QED) is 0.739. The molecule has 0 saturated heterocycles. The molecule has 26 heavy (non-hydrogen) atoms. The predicted octanol–water partition coefficient (Wildman–Crippen LogP) is 2.49. The zero-order chi connectivity index (χ0) is 19.1. The molecule has 0 fully saturated rings. The van der Waals surface area contributed by atoms with Crippen LogP contribution in [-0.4, -0.2) is 37.1 Å². The van der Waals surface area contributed by atoms with E-state index in [-0.39, 0.29) is 11.6 Å². The van der Waals surface area contributed by atoms with Crippen molar-refractivity contribution in [2.45, 2.75) is 19.6 Å². The van der Waals surface area contributed by atoms with Crippen LogP contribution in [0.15, 0.2) is 30.3 Å². The van der Waals surface area contributed by atoms with E-state index in [4.69, 9.17) is 0 Å². The highest BCUT2D eigenvalue weighted by Crippen LogP contribution is 2.21. The zero-order valence-electron chi connectivity index (χ0n) is 15.0. The molecule has 1 aromatic carbocycles. The Hall–Kier alpha value is -2.68. The number of sulfonamides is 1. The molecule has 0 amide bonds. The predicted molar refractivity (Wildman–Crippen MR) is 99.4 cm³/mol. The molecule has 2 heterocycles. The lowest BCUT2D eigenvalue weighted by Crippen LogP contribution is -2.19. The summed E-state index contributed by atoms with van der Waals surface area (Å²) in [4.78, 5) is 6.12. The Balaban J connectivity index is 1.92. The summed E-state index contributed by atoms with van der Waals surface area (Å²) in [7, 11) is -0.0840. The van der Waals surface area contributed by atoms with Gasteiger partial charge in [-0.05, 0) is 31.0 Å². The van der Waals surface area contributed by atoms with Gasteiger partial charge in [-0.25, -0.2) is 17.8 Å².